The van der Waals surface area contributed by atoms with Crippen LogP contribution in [0, 0.1) is 0 Å². The molecule has 1 N–H and O–H groups in total. The van der Waals surface area contributed by atoms with Gasteiger partial charge in [0.05, 0.1) is 0 Å². The van der Waals surface area contributed by atoms with Crippen LogP contribution in [-0.2, 0) is 4.79 Å². The molecule has 4 nitrogen and oxygen atoms in total. The first-order chi connectivity index (χ1) is 9.21. The van der Waals surface area contributed by atoms with E-state index in [1.807, 2.05) is 25.1 Å². The highest BCUT2D eigenvalue weighted by Crippen LogP contribution is 2.47. The molecule has 0 radical (unpaired) electrons. The maximum atomic E-state index is 11.6. The van der Waals surface area contributed by atoms with Crippen molar-refractivity contribution in [2.75, 3.05) is 5.32 Å². The summed E-state index contributed by atoms with van der Waals surface area (Å²) in [5, 5.41) is 2.88. The van der Waals surface area contributed by atoms with Crippen LogP contribution in [0.15, 0.2) is 18.2 Å². The minimum atomic E-state index is -0.436. The Morgan fingerprint density at radius 2 is 2.00 bits per heavy atom. The van der Waals surface area contributed by atoms with Crippen molar-refractivity contribution < 1.29 is 14.3 Å². The molecule has 0 unspecified atom stereocenters. The maximum absolute atomic E-state index is 11.6. The molecule has 1 amide bonds. The maximum Gasteiger partial charge on any atom is 0.251 e. The van der Waals surface area contributed by atoms with E-state index in [1.165, 1.54) is 0 Å². The Morgan fingerprint density at radius 3 is 2.74 bits per heavy atom. The summed E-state index contributed by atoms with van der Waals surface area (Å²) in [4.78, 5) is 11.6. The molecule has 1 saturated carbocycles. The fraction of sp³-hybridized carbons (Fsp3) is 0.533. The Balaban J connectivity index is 1.74. The molecular weight excluding hydrogens is 242 g/mol. The summed E-state index contributed by atoms with van der Waals surface area (Å²) >= 11 is 0. The van der Waals surface area contributed by atoms with Gasteiger partial charge in [-0.15, -0.1) is 0 Å². The van der Waals surface area contributed by atoms with Gasteiger partial charge in [-0.2, -0.15) is 0 Å². The first-order valence-electron chi connectivity index (χ1n) is 7.03. The number of benzene rings is 1. The monoisotopic (exact) mass is 261 g/mol. The Kier molecular flexibility index (Phi) is 3.09. The van der Waals surface area contributed by atoms with Crippen LogP contribution in [0.2, 0.25) is 0 Å². The predicted octanol–water partition coefficient (Wildman–Crippen LogP) is 3.47. The lowest BCUT2D eigenvalue weighted by atomic mass is 10.2. The fourth-order valence-corrected chi connectivity index (χ4v) is 2.74. The van der Waals surface area contributed by atoms with Gasteiger partial charge < -0.3 is 14.8 Å². The lowest BCUT2D eigenvalue weighted by Gasteiger charge is -2.21. The zero-order chi connectivity index (χ0) is 13.3. The van der Waals surface area contributed by atoms with Crippen molar-refractivity contribution in [1.29, 1.82) is 0 Å². The van der Waals surface area contributed by atoms with E-state index in [-0.39, 0.29) is 5.91 Å². The summed E-state index contributed by atoms with van der Waals surface area (Å²) in [6.45, 7) is 1.99. The molecule has 0 atom stereocenters. The average molecular weight is 261 g/mol. The van der Waals surface area contributed by atoms with Gasteiger partial charge in [0.25, 0.3) is 5.79 Å². The number of rotatable bonds is 3. The Labute approximate surface area is 113 Å². The van der Waals surface area contributed by atoms with Crippen LogP contribution < -0.4 is 14.8 Å². The SMILES string of the molecule is CCCC(=O)Nc1ccc2c(c1)OC1(CCCC1)O2. The first-order valence-corrected chi connectivity index (χ1v) is 7.03. The van der Waals surface area contributed by atoms with Crippen LogP contribution in [0.3, 0.4) is 0 Å². The Morgan fingerprint density at radius 1 is 1.26 bits per heavy atom. The number of carbonyl (C=O) groups is 1. The smallest absolute Gasteiger partial charge is 0.251 e. The lowest BCUT2D eigenvalue weighted by molar-refractivity contribution is -0.116. The molecule has 2 aliphatic rings. The van der Waals surface area contributed by atoms with Crippen molar-refractivity contribution in [3.63, 3.8) is 0 Å². The zero-order valence-corrected chi connectivity index (χ0v) is 11.2. The number of fused-ring (bicyclic) bond motifs is 1. The minimum absolute atomic E-state index is 0.0388. The van der Waals surface area contributed by atoms with E-state index in [1.54, 1.807) is 0 Å². The minimum Gasteiger partial charge on any atom is -0.448 e. The summed E-state index contributed by atoms with van der Waals surface area (Å²) in [6.07, 6.45) is 5.57. The van der Waals surface area contributed by atoms with Gasteiger partial charge in [0.15, 0.2) is 11.5 Å². The summed E-state index contributed by atoms with van der Waals surface area (Å²) in [5.41, 5.74) is 0.774. The van der Waals surface area contributed by atoms with Crippen LogP contribution in [0.25, 0.3) is 0 Å². The largest absolute Gasteiger partial charge is 0.448 e. The van der Waals surface area contributed by atoms with E-state index in [4.69, 9.17) is 9.47 Å². The second kappa shape index (κ2) is 4.76. The van der Waals surface area contributed by atoms with Gasteiger partial charge in [0, 0.05) is 31.0 Å². The molecule has 19 heavy (non-hydrogen) atoms. The number of nitrogens with one attached hydrogen (secondary N) is 1. The summed E-state index contributed by atoms with van der Waals surface area (Å²) in [5.74, 6) is 1.14. The molecule has 3 rings (SSSR count). The van der Waals surface area contributed by atoms with Gasteiger partial charge in [0.2, 0.25) is 5.91 Å². The summed E-state index contributed by atoms with van der Waals surface area (Å²) < 4.78 is 11.9. The number of amides is 1. The van der Waals surface area contributed by atoms with Gasteiger partial charge in [-0.1, -0.05) is 6.92 Å². The predicted molar refractivity (Wildman–Crippen MR) is 72.4 cm³/mol. The van der Waals surface area contributed by atoms with Gasteiger partial charge in [0.1, 0.15) is 0 Å². The van der Waals surface area contributed by atoms with E-state index >= 15 is 0 Å². The van der Waals surface area contributed by atoms with Crippen molar-refractivity contribution in [3.05, 3.63) is 18.2 Å². The topological polar surface area (TPSA) is 47.6 Å². The Bertz CT molecular complexity index is 492. The molecule has 0 aromatic heterocycles. The number of hydrogen-bond donors (Lipinski definition) is 1. The van der Waals surface area contributed by atoms with Gasteiger partial charge >= 0.3 is 0 Å². The molecule has 1 fully saturated rings. The van der Waals surface area contributed by atoms with Crippen molar-refractivity contribution in [2.24, 2.45) is 0 Å². The molecule has 0 saturated heterocycles. The molecule has 1 aliphatic heterocycles. The van der Waals surface area contributed by atoms with Crippen LogP contribution in [0.1, 0.15) is 45.4 Å². The second-order valence-corrected chi connectivity index (χ2v) is 5.28. The number of carbonyl (C=O) groups excluding carboxylic acids is 1. The quantitative estimate of drug-likeness (QED) is 0.906. The van der Waals surface area contributed by atoms with Gasteiger partial charge in [-0.25, -0.2) is 0 Å². The standard InChI is InChI=1S/C15H19NO3/c1-2-5-14(17)16-11-6-7-12-13(10-11)19-15(18-12)8-3-4-9-15/h6-7,10H,2-5,8-9H2,1H3,(H,16,17). The molecule has 1 spiro atoms. The summed E-state index contributed by atoms with van der Waals surface area (Å²) in [7, 11) is 0. The van der Waals surface area contributed by atoms with Crippen molar-refractivity contribution in [3.8, 4) is 11.5 Å². The van der Waals surface area contributed by atoms with Crippen LogP contribution in [0.5, 0.6) is 11.5 Å². The highest BCUT2D eigenvalue weighted by molar-refractivity contribution is 5.91. The second-order valence-electron chi connectivity index (χ2n) is 5.28. The van der Waals surface area contributed by atoms with Crippen molar-refractivity contribution in [2.45, 2.75) is 51.2 Å². The molecule has 0 bridgehead atoms. The molecule has 1 aromatic carbocycles. The van der Waals surface area contributed by atoms with Crippen LogP contribution >= 0.6 is 0 Å². The third-order valence-corrected chi connectivity index (χ3v) is 3.66. The Hall–Kier alpha value is -1.71. The fourth-order valence-electron chi connectivity index (χ4n) is 2.74. The molecule has 1 aliphatic carbocycles. The molecule has 1 heterocycles. The molecule has 1 aromatic rings. The summed E-state index contributed by atoms with van der Waals surface area (Å²) in [6, 6.07) is 5.60. The molecular formula is C15H19NO3. The normalized spacial score (nSPS) is 18.8. The van der Waals surface area contributed by atoms with E-state index < -0.39 is 5.79 Å². The van der Waals surface area contributed by atoms with Crippen molar-refractivity contribution in [1.82, 2.24) is 0 Å². The third-order valence-electron chi connectivity index (χ3n) is 3.66. The van der Waals surface area contributed by atoms with E-state index in [9.17, 15) is 4.79 Å². The number of ether oxygens (including phenoxy) is 2. The average Bonchev–Trinajstić information content (AvgIpc) is 2.96. The van der Waals surface area contributed by atoms with E-state index in [2.05, 4.69) is 5.32 Å². The lowest BCUT2D eigenvalue weighted by Crippen LogP contribution is -2.34. The number of hydrogen-bond acceptors (Lipinski definition) is 3. The molecule has 4 heteroatoms. The van der Waals surface area contributed by atoms with Crippen LogP contribution in [0.4, 0.5) is 5.69 Å². The zero-order valence-electron chi connectivity index (χ0n) is 11.2. The van der Waals surface area contributed by atoms with Crippen molar-refractivity contribution >= 4 is 11.6 Å². The van der Waals surface area contributed by atoms with Gasteiger partial charge in [-0.3, -0.25) is 4.79 Å². The van der Waals surface area contributed by atoms with E-state index in [0.29, 0.717) is 6.42 Å². The van der Waals surface area contributed by atoms with Gasteiger partial charge in [-0.05, 0) is 31.4 Å². The number of anilines is 1. The highest BCUT2D eigenvalue weighted by atomic mass is 16.7. The first kappa shape index (κ1) is 12.3. The molecule has 102 valence electrons. The highest BCUT2D eigenvalue weighted by Gasteiger charge is 2.44. The van der Waals surface area contributed by atoms with E-state index in [0.717, 1.165) is 49.3 Å². The third kappa shape index (κ3) is 2.39. The van der Waals surface area contributed by atoms with Crippen LogP contribution in [-0.4, -0.2) is 11.7 Å².